The minimum atomic E-state index is -0.0897. The number of anilines is 3. The SMILES string of the molecule is CC1(C)c2ccccc2-c2c(-c3ccccc3)cc(N(c3ccc(C4CCCCC4)cc3)c3ccc(C4CC5CCC4C5)cc3)cc21. The Kier molecular flexibility index (Phi) is 7.14. The van der Waals surface area contributed by atoms with E-state index in [1.54, 1.807) is 5.56 Å². The van der Waals surface area contributed by atoms with Crippen LogP contribution < -0.4 is 4.90 Å². The summed E-state index contributed by atoms with van der Waals surface area (Å²) in [6.07, 6.45) is 12.5. The molecule has 0 radical (unpaired) electrons. The van der Waals surface area contributed by atoms with E-state index < -0.39 is 0 Å². The molecule has 5 aromatic rings. The second-order valence-electron chi connectivity index (χ2n) is 15.6. The van der Waals surface area contributed by atoms with E-state index in [4.69, 9.17) is 0 Å². The molecule has 1 nitrogen and oxygen atoms in total. The number of nitrogens with zero attached hydrogens (tertiary/aromatic N) is 1. The zero-order chi connectivity index (χ0) is 31.5. The van der Waals surface area contributed by atoms with Gasteiger partial charge in [-0.15, -0.1) is 0 Å². The fourth-order valence-corrected chi connectivity index (χ4v) is 10.1. The third kappa shape index (κ3) is 4.97. The lowest BCUT2D eigenvalue weighted by Gasteiger charge is -2.30. The molecule has 0 aromatic heterocycles. The fraction of sp³-hybridized carbons (Fsp3) is 0.348. The summed E-state index contributed by atoms with van der Waals surface area (Å²) < 4.78 is 0. The monoisotopic (exact) mass is 613 g/mol. The molecule has 0 heterocycles. The van der Waals surface area contributed by atoms with Gasteiger partial charge < -0.3 is 4.90 Å². The van der Waals surface area contributed by atoms with E-state index in [-0.39, 0.29) is 5.41 Å². The fourth-order valence-electron chi connectivity index (χ4n) is 10.1. The van der Waals surface area contributed by atoms with Crippen LogP contribution in [0.5, 0.6) is 0 Å². The molecule has 0 aliphatic heterocycles. The molecule has 4 aliphatic carbocycles. The highest BCUT2D eigenvalue weighted by molar-refractivity contribution is 5.96. The van der Waals surface area contributed by atoms with E-state index in [1.165, 1.54) is 114 Å². The van der Waals surface area contributed by atoms with Gasteiger partial charge in [-0.3, -0.25) is 0 Å². The van der Waals surface area contributed by atoms with E-state index in [9.17, 15) is 0 Å². The molecule has 3 unspecified atom stereocenters. The molecule has 4 aliphatic rings. The van der Waals surface area contributed by atoms with Crippen molar-refractivity contribution in [3.8, 4) is 22.3 Å². The molecular formula is C46H47N. The van der Waals surface area contributed by atoms with Crippen LogP contribution in [0.15, 0.2) is 115 Å². The summed E-state index contributed by atoms with van der Waals surface area (Å²) in [7, 11) is 0. The van der Waals surface area contributed by atoms with Gasteiger partial charge in [0.15, 0.2) is 0 Å². The molecule has 0 spiro atoms. The van der Waals surface area contributed by atoms with Crippen LogP contribution in [0.4, 0.5) is 17.1 Å². The summed E-state index contributed by atoms with van der Waals surface area (Å²) in [6.45, 7) is 4.81. The van der Waals surface area contributed by atoms with Crippen LogP contribution in [0, 0.1) is 11.8 Å². The Morgan fingerprint density at radius 2 is 1.23 bits per heavy atom. The lowest BCUT2D eigenvalue weighted by atomic mass is 9.81. The van der Waals surface area contributed by atoms with Crippen molar-refractivity contribution in [3.63, 3.8) is 0 Å². The minimum Gasteiger partial charge on any atom is -0.310 e. The van der Waals surface area contributed by atoms with Gasteiger partial charge in [0.05, 0.1) is 0 Å². The summed E-state index contributed by atoms with van der Waals surface area (Å²) in [5, 5.41) is 0. The molecule has 0 amide bonds. The molecule has 3 fully saturated rings. The van der Waals surface area contributed by atoms with Gasteiger partial charge in [0.1, 0.15) is 0 Å². The Morgan fingerprint density at radius 1 is 0.553 bits per heavy atom. The molecule has 9 rings (SSSR count). The summed E-state index contributed by atoms with van der Waals surface area (Å²) >= 11 is 0. The second-order valence-corrected chi connectivity index (χ2v) is 15.6. The third-order valence-corrected chi connectivity index (χ3v) is 12.6. The first-order valence-electron chi connectivity index (χ1n) is 18.4. The van der Waals surface area contributed by atoms with Gasteiger partial charge in [-0.25, -0.2) is 0 Å². The lowest BCUT2D eigenvalue weighted by molar-refractivity contribution is 0.420. The van der Waals surface area contributed by atoms with Crippen LogP contribution in [-0.4, -0.2) is 0 Å². The van der Waals surface area contributed by atoms with Gasteiger partial charge in [-0.05, 0) is 137 Å². The zero-order valence-corrected chi connectivity index (χ0v) is 28.1. The summed E-state index contributed by atoms with van der Waals surface area (Å²) in [5.74, 6) is 3.30. The first-order chi connectivity index (χ1) is 23.0. The number of hydrogen-bond acceptors (Lipinski definition) is 1. The Labute approximate surface area is 281 Å². The van der Waals surface area contributed by atoms with Crippen LogP contribution in [-0.2, 0) is 5.41 Å². The molecule has 236 valence electrons. The topological polar surface area (TPSA) is 3.24 Å². The molecular weight excluding hydrogens is 567 g/mol. The number of hydrogen-bond donors (Lipinski definition) is 0. The maximum Gasteiger partial charge on any atom is 0.0471 e. The van der Waals surface area contributed by atoms with Crippen LogP contribution in [0.3, 0.4) is 0 Å². The zero-order valence-electron chi connectivity index (χ0n) is 28.1. The van der Waals surface area contributed by atoms with Crippen molar-refractivity contribution in [2.45, 2.75) is 88.9 Å². The van der Waals surface area contributed by atoms with Crippen LogP contribution in [0.1, 0.15) is 106 Å². The maximum atomic E-state index is 2.53. The molecule has 1 heteroatoms. The largest absolute Gasteiger partial charge is 0.310 e. The Morgan fingerprint density at radius 3 is 1.91 bits per heavy atom. The van der Waals surface area contributed by atoms with E-state index in [1.807, 2.05) is 0 Å². The van der Waals surface area contributed by atoms with Gasteiger partial charge in [-0.2, -0.15) is 0 Å². The van der Waals surface area contributed by atoms with E-state index in [2.05, 4.69) is 134 Å². The second kappa shape index (κ2) is 11.6. The normalized spacial score (nSPS) is 22.6. The average Bonchev–Trinajstić information content (AvgIpc) is 3.83. The Hall–Kier alpha value is -4.10. The number of benzene rings is 5. The van der Waals surface area contributed by atoms with E-state index in [0.29, 0.717) is 5.92 Å². The standard InChI is InChI=1S/C46H47N/c1-46(2)43-16-10-9-15-40(43)45-42(34-13-7-4-8-14-34)29-39(30-44(45)46)47(37-23-19-33(20-24-37)32-11-5-3-6-12-32)38-25-21-35(22-26-38)41-28-31-17-18-36(41)27-31/h4,7-10,13-16,19-26,29-32,36,41H,3,5-6,11-12,17-18,27-28H2,1-2H3. The lowest BCUT2D eigenvalue weighted by Crippen LogP contribution is -2.17. The first-order valence-corrected chi connectivity index (χ1v) is 18.4. The predicted octanol–water partition coefficient (Wildman–Crippen LogP) is 13.1. The van der Waals surface area contributed by atoms with Crippen molar-refractivity contribution in [1.29, 1.82) is 0 Å². The Balaban J connectivity index is 1.20. The molecule has 3 atom stereocenters. The summed E-state index contributed by atoms with van der Waals surface area (Å²) in [5.41, 5.74) is 14.9. The third-order valence-electron chi connectivity index (χ3n) is 12.6. The molecule has 0 N–H and O–H groups in total. The van der Waals surface area contributed by atoms with Crippen molar-refractivity contribution >= 4 is 17.1 Å². The first kappa shape index (κ1) is 29.1. The number of fused-ring (bicyclic) bond motifs is 5. The maximum absolute atomic E-state index is 2.53. The van der Waals surface area contributed by atoms with Gasteiger partial charge in [0.2, 0.25) is 0 Å². The van der Waals surface area contributed by atoms with Crippen molar-refractivity contribution in [3.05, 3.63) is 138 Å². The van der Waals surface area contributed by atoms with Crippen molar-refractivity contribution in [2.24, 2.45) is 11.8 Å². The van der Waals surface area contributed by atoms with Gasteiger partial charge in [-0.1, -0.05) is 118 Å². The van der Waals surface area contributed by atoms with Gasteiger partial charge in [0.25, 0.3) is 0 Å². The predicted molar refractivity (Wildman–Crippen MR) is 198 cm³/mol. The van der Waals surface area contributed by atoms with Crippen LogP contribution in [0.2, 0.25) is 0 Å². The molecule has 3 saturated carbocycles. The highest BCUT2D eigenvalue weighted by Gasteiger charge is 2.40. The highest BCUT2D eigenvalue weighted by Crippen LogP contribution is 2.55. The average molecular weight is 614 g/mol. The molecule has 2 bridgehead atoms. The summed E-state index contributed by atoms with van der Waals surface area (Å²) in [6, 6.07) is 44.4. The van der Waals surface area contributed by atoms with Gasteiger partial charge in [0, 0.05) is 22.5 Å². The van der Waals surface area contributed by atoms with Gasteiger partial charge >= 0.3 is 0 Å². The van der Waals surface area contributed by atoms with Crippen molar-refractivity contribution in [1.82, 2.24) is 0 Å². The smallest absolute Gasteiger partial charge is 0.0471 e. The quantitative estimate of drug-likeness (QED) is 0.184. The molecule has 47 heavy (non-hydrogen) atoms. The van der Waals surface area contributed by atoms with Crippen LogP contribution >= 0.6 is 0 Å². The molecule has 0 saturated heterocycles. The van der Waals surface area contributed by atoms with Crippen molar-refractivity contribution in [2.75, 3.05) is 4.90 Å². The van der Waals surface area contributed by atoms with Crippen molar-refractivity contribution < 1.29 is 0 Å². The minimum absolute atomic E-state index is 0.0897. The van der Waals surface area contributed by atoms with E-state index >= 15 is 0 Å². The highest BCUT2D eigenvalue weighted by atomic mass is 15.1. The molecule has 5 aromatic carbocycles. The summed E-state index contributed by atoms with van der Waals surface area (Å²) in [4.78, 5) is 2.53. The van der Waals surface area contributed by atoms with E-state index in [0.717, 1.165) is 17.8 Å². The van der Waals surface area contributed by atoms with Crippen LogP contribution in [0.25, 0.3) is 22.3 Å². The number of rotatable bonds is 6. The Bertz CT molecular complexity index is 1890.